The van der Waals surface area contributed by atoms with Gasteiger partial charge in [-0.1, -0.05) is 20.8 Å². The Morgan fingerprint density at radius 2 is 2.00 bits per heavy atom. The maximum atomic E-state index is 11.0. The van der Waals surface area contributed by atoms with Gasteiger partial charge in [0.1, 0.15) is 6.10 Å². The highest BCUT2D eigenvalue weighted by atomic mass is 16.5. The number of ether oxygens (including phenoxy) is 1. The summed E-state index contributed by atoms with van der Waals surface area (Å²) in [6.45, 7) is 5.91. The van der Waals surface area contributed by atoms with Crippen LogP contribution in [0.2, 0.25) is 0 Å². The first-order valence-electron chi connectivity index (χ1n) is 4.30. The van der Waals surface area contributed by atoms with Gasteiger partial charge < -0.3 is 4.74 Å². The number of hydrogen-bond acceptors (Lipinski definition) is 2. The van der Waals surface area contributed by atoms with E-state index in [9.17, 15) is 4.79 Å². The molecule has 2 heteroatoms. The zero-order chi connectivity index (χ0) is 8.43. The van der Waals surface area contributed by atoms with E-state index >= 15 is 0 Å². The third kappa shape index (κ3) is 2.21. The molecule has 0 amide bonds. The molecule has 11 heavy (non-hydrogen) atoms. The molecule has 1 fully saturated rings. The van der Waals surface area contributed by atoms with Crippen LogP contribution in [0.25, 0.3) is 0 Å². The van der Waals surface area contributed by atoms with Crippen LogP contribution in [0.1, 0.15) is 33.6 Å². The minimum atomic E-state index is -0.0538. The topological polar surface area (TPSA) is 26.3 Å². The zero-order valence-corrected chi connectivity index (χ0v) is 7.46. The van der Waals surface area contributed by atoms with Gasteiger partial charge in [0.15, 0.2) is 0 Å². The van der Waals surface area contributed by atoms with Crippen molar-refractivity contribution in [1.82, 2.24) is 0 Å². The summed E-state index contributed by atoms with van der Waals surface area (Å²) in [7, 11) is 0. The van der Waals surface area contributed by atoms with Crippen LogP contribution in [0.4, 0.5) is 0 Å². The van der Waals surface area contributed by atoms with Crippen molar-refractivity contribution in [3.05, 3.63) is 0 Å². The summed E-state index contributed by atoms with van der Waals surface area (Å²) >= 11 is 0. The zero-order valence-electron chi connectivity index (χ0n) is 7.46. The Hall–Kier alpha value is -0.530. The average molecular weight is 156 g/mol. The van der Waals surface area contributed by atoms with Gasteiger partial charge >= 0.3 is 5.97 Å². The maximum absolute atomic E-state index is 11.0. The molecule has 1 aliphatic rings. The number of carbonyl (C=O) groups is 1. The van der Waals surface area contributed by atoms with Crippen LogP contribution in [-0.4, -0.2) is 12.1 Å². The summed E-state index contributed by atoms with van der Waals surface area (Å²) in [6.07, 6.45) is 2.33. The van der Waals surface area contributed by atoms with Crippen LogP contribution >= 0.6 is 0 Å². The van der Waals surface area contributed by atoms with Crippen molar-refractivity contribution in [3.8, 4) is 0 Å². The maximum Gasteiger partial charge on any atom is 0.308 e. The fourth-order valence-electron chi connectivity index (χ4n) is 1.23. The molecule has 0 bridgehead atoms. The molecule has 0 aromatic heterocycles. The van der Waals surface area contributed by atoms with Gasteiger partial charge in [0.25, 0.3) is 0 Å². The van der Waals surface area contributed by atoms with E-state index in [0.29, 0.717) is 0 Å². The van der Waals surface area contributed by atoms with Gasteiger partial charge in [-0.3, -0.25) is 4.79 Å². The Balaban J connectivity index is 2.17. The number of carbonyl (C=O) groups excluding carboxylic acids is 1. The van der Waals surface area contributed by atoms with Crippen molar-refractivity contribution in [2.45, 2.75) is 39.7 Å². The highest BCUT2D eigenvalue weighted by molar-refractivity contribution is 5.71. The van der Waals surface area contributed by atoms with Gasteiger partial charge in [0.05, 0.1) is 5.92 Å². The van der Waals surface area contributed by atoms with Crippen molar-refractivity contribution in [2.75, 3.05) is 0 Å². The molecule has 0 aromatic rings. The van der Waals surface area contributed by atoms with Crippen molar-refractivity contribution in [1.29, 1.82) is 0 Å². The van der Waals surface area contributed by atoms with E-state index in [1.54, 1.807) is 0 Å². The molecule has 0 saturated heterocycles. The summed E-state index contributed by atoms with van der Waals surface area (Å²) in [5.41, 5.74) is 0. The predicted molar refractivity (Wildman–Crippen MR) is 43.1 cm³/mol. The van der Waals surface area contributed by atoms with Gasteiger partial charge in [0.2, 0.25) is 0 Å². The molecule has 1 aliphatic carbocycles. The van der Waals surface area contributed by atoms with Gasteiger partial charge in [0, 0.05) is 0 Å². The van der Waals surface area contributed by atoms with E-state index in [1.165, 1.54) is 0 Å². The van der Waals surface area contributed by atoms with Crippen molar-refractivity contribution in [2.24, 2.45) is 11.8 Å². The Kier molecular flexibility index (Phi) is 2.53. The minimum Gasteiger partial charge on any atom is -0.462 e. The van der Waals surface area contributed by atoms with E-state index in [2.05, 4.69) is 6.92 Å². The number of hydrogen-bond donors (Lipinski definition) is 0. The number of rotatable bonds is 2. The smallest absolute Gasteiger partial charge is 0.308 e. The van der Waals surface area contributed by atoms with E-state index in [-0.39, 0.29) is 18.0 Å². The molecular weight excluding hydrogens is 140 g/mol. The molecular formula is C9H16O2. The van der Waals surface area contributed by atoms with E-state index < -0.39 is 0 Å². The van der Waals surface area contributed by atoms with Crippen molar-refractivity contribution < 1.29 is 9.53 Å². The van der Waals surface area contributed by atoms with Gasteiger partial charge in [-0.2, -0.15) is 0 Å². The third-order valence-electron chi connectivity index (χ3n) is 2.08. The molecule has 0 spiro atoms. The molecule has 1 saturated carbocycles. The van der Waals surface area contributed by atoms with Crippen LogP contribution < -0.4 is 0 Å². The lowest BCUT2D eigenvalue weighted by Gasteiger charge is -2.32. The predicted octanol–water partition coefficient (Wildman–Crippen LogP) is 1.98. The van der Waals surface area contributed by atoms with Crippen LogP contribution in [0, 0.1) is 11.8 Å². The van der Waals surface area contributed by atoms with E-state index in [0.717, 1.165) is 18.8 Å². The monoisotopic (exact) mass is 156 g/mol. The highest BCUT2D eigenvalue weighted by Gasteiger charge is 2.29. The Morgan fingerprint density at radius 3 is 2.36 bits per heavy atom. The van der Waals surface area contributed by atoms with Gasteiger partial charge in [-0.15, -0.1) is 0 Å². The van der Waals surface area contributed by atoms with Crippen LogP contribution in [0.15, 0.2) is 0 Å². The fraction of sp³-hybridized carbons (Fsp3) is 0.889. The molecule has 1 rings (SSSR count). The summed E-state index contributed by atoms with van der Waals surface area (Å²) < 4.78 is 5.18. The molecule has 0 heterocycles. The summed E-state index contributed by atoms with van der Waals surface area (Å²) in [6, 6.07) is 0. The highest BCUT2D eigenvalue weighted by Crippen LogP contribution is 2.29. The first-order valence-corrected chi connectivity index (χ1v) is 4.30. The second-order valence-electron chi connectivity index (χ2n) is 3.79. The Bertz CT molecular complexity index is 146. The summed E-state index contributed by atoms with van der Waals surface area (Å²) in [5, 5.41) is 0. The summed E-state index contributed by atoms with van der Waals surface area (Å²) in [5.74, 6) is 0.716. The largest absolute Gasteiger partial charge is 0.462 e. The second kappa shape index (κ2) is 3.24. The second-order valence-corrected chi connectivity index (χ2v) is 3.79. The molecule has 0 aromatic carbocycles. The van der Waals surface area contributed by atoms with E-state index in [1.807, 2.05) is 13.8 Å². The average Bonchev–Trinajstić information content (AvgIpc) is 1.84. The lowest BCUT2D eigenvalue weighted by molar-refractivity contribution is -0.159. The molecule has 0 aliphatic heterocycles. The molecule has 64 valence electrons. The Labute approximate surface area is 67.9 Å². The quantitative estimate of drug-likeness (QED) is 0.571. The normalized spacial score (nSPS) is 29.8. The fourth-order valence-corrected chi connectivity index (χ4v) is 1.23. The van der Waals surface area contributed by atoms with Crippen LogP contribution in [0.5, 0.6) is 0 Å². The van der Waals surface area contributed by atoms with Crippen molar-refractivity contribution in [3.63, 3.8) is 0 Å². The number of esters is 1. The molecule has 0 N–H and O–H groups in total. The lowest BCUT2D eigenvalue weighted by atomic mass is 9.84. The van der Waals surface area contributed by atoms with Gasteiger partial charge in [-0.25, -0.2) is 0 Å². The molecule has 0 atom stereocenters. The Morgan fingerprint density at radius 1 is 1.45 bits per heavy atom. The SMILES string of the molecule is CC1CC(OC(=O)C(C)C)C1. The molecule has 2 nitrogen and oxygen atoms in total. The lowest BCUT2D eigenvalue weighted by Crippen LogP contribution is -2.32. The van der Waals surface area contributed by atoms with Crippen LogP contribution in [0.3, 0.4) is 0 Å². The third-order valence-corrected chi connectivity index (χ3v) is 2.08. The first-order chi connectivity index (χ1) is 5.09. The standard InChI is InChI=1S/C9H16O2/c1-6(2)9(10)11-8-4-7(3)5-8/h6-8H,4-5H2,1-3H3. The van der Waals surface area contributed by atoms with Crippen molar-refractivity contribution >= 4 is 5.97 Å². The minimum absolute atomic E-state index is 0.0194. The molecule has 0 unspecified atom stereocenters. The summed E-state index contributed by atoms with van der Waals surface area (Å²) in [4.78, 5) is 11.0. The van der Waals surface area contributed by atoms with E-state index in [4.69, 9.17) is 4.74 Å². The molecule has 0 radical (unpaired) electrons. The van der Waals surface area contributed by atoms with Gasteiger partial charge in [-0.05, 0) is 18.8 Å². The van der Waals surface area contributed by atoms with Crippen LogP contribution in [-0.2, 0) is 9.53 Å². The first kappa shape index (κ1) is 8.57.